The topological polar surface area (TPSA) is 27.7 Å². The molecule has 0 aliphatic carbocycles. The number of hydrogen-bond acceptors (Lipinski definition) is 4. The van der Waals surface area contributed by atoms with Crippen molar-refractivity contribution >= 4 is 0 Å². The first-order chi connectivity index (χ1) is 9.92. The molecule has 0 aromatic heterocycles. The zero-order valence-electron chi connectivity index (χ0n) is 14.7. The predicted molar refractivity (Wildman–Crippen MR) is 88.8 cm³/mol. The summed E-state index contributed by atoms with van der Waals surface area (Å²) >= 11 is 0. The van der Waals surface area contributed by atoms with Crippen LogP contribution in [0.2, 0.25) is 0 Å². The lowest BCUT2D eigenvalue weighted by atomic mass is 9.81. The third kappa shape index (κ3) is 4.65. The van der Waals surface area contributed by atoms with E-state index in [-0.39, 0.29) is 0 Å². The highest BCUT2D eigenvalue weighted by Gasteiger charge is 2.37. The lowest BCUT2D eigenvalue weighted by Gasteiger charge is -2.47. The number of piperazine rings is 1. The van der Waals surface area contributed by atoms with E-state index in [4.69, 9.17) is 4.74 Å². The summed E-state index contributed by atoms with van der Waals surface area (Å²) in [6.07, 6.45) is 2.50. The van der Waals surface area contributed by atoms with E-state index in [1.807, 2.05) is 0 Å². The van der Waals surface area contributed by atoms with E-state index < -0.39 is 0 Å². The van der Waals surface area contributed by atoms with Gasteiger partial charge in [-0.1, -0.05) is 13.8 Å². The molecule has 2 fully saturated rings. The van der Waals surface area contributed by atoms with Gasteiger partial charge in [0.25, 0.3) is 0 Å². The number of rotatable bonds is 5. The molecule has 0 amide bonds. The van der Waals surface area contributed by atoms with Gasteiger partial charge in [0.2, 0.25) is 0 Å². The normalized spacial score (nSPS) is 36.3. The van der Waals surface area contributed by atoms with Gasteiger partial charge in [-0.25, -0.2) is 0 Å². The van der Waals surface area contributed by atoms with Gasteiger partial charge in [0.05, 0.1) is 6.61 Å². The smallest absolute Gasteiger partial charge is 0.0546 e. The minimum atomic E-state index is 0.303. The highest BCUT2D eigenvalue weighted by molar-refractivity contribution is 4.91. The van der Waals surface area contributed by atoms with Crippen LogP contribution in [-0.2, 0) is 4.74 Å². The SMILES string of the molecule is CC(C)NCC1(CN2CC(C)N(C)C(C)C2)CCCOC1. The third-order valence-corrected chi connectivity index (χ3v) is 5.28. The Hall–Kier alpha value is -0.160. The van der Waals surface area contributed by atoms with Crippen LogP contribution in [0.3, 0.4) is 0 Å². The van der Waals surface area contributed by atoms with Gasteiger partial charge in [-0.15, -0.1) is 0 Å². The fraction of sp³-hybridized carbons (Fsp3) is 1.00. The number of nitrogens with one attached hydrogen (secondary N) is 1. The van der Waals surface area contributed by atoms with Crippen LogP contribution < -0.4 is 5.32 Å². The second-order valence-electron chi connectivity index (χ2n) is 7.75. The molecule has 0 aromatic rings. The van der Waals surface area contributed by atoms with E-state index in [2.05, 4.69) is 49.9 Å². The maximum Gasteiger partial charge on any atom is 0.0546 e. The fourth-order valence-corrected chi connectivity index (χ4v) is 3.77. The van der Waals surface area contributed by atoms with Crippen molar-refractivity contribution < 1.29 is 4.74 Å². The zero-order valence-corrected chi connectivity index (χ0v) is 14.7. The molecule has 3 unspecified atom stereocenters. The highest BCUT2D eigenvalue weighted by atomic mass is 16.5. The summed E-state index contributed by atoms with van der Waals surface area (Å²) in [6.45, 7) is 15.7. The summed E-state index contributed by atoms with van der Waals surface area (Å²) in [4.78, 5) is 5.18. The van der Waals surface area contributed by atoms with Gasteiger partial charge in [0.1, 0.15) is 0 Å². The first-order valence-electron chi connectivity index (χ1n) is 8.67. The number of ether oxygens (including phenoxy) is 1. The zero-order chi connectivity index (χ0) is 15.5. The van der Waals surface area contributed by atoms with Crippen molar-refractivity contribution in [2.45, 2.75) is 58.7 Å². The van der Waals surface area contributed by atoms with Crippen molar-refractivity contribution in [3.05, 3.63) is 0 Å². The van der Waals surface area contributed by atoms with Crippen LogP contribution in [0.1, 0.15) is 40.5 Å². The molecule has 3 atom stereocenters. The van der Waals surface area contributed by atoms with Crippen LogP contribution in [0.4, 0.5) is 0 Å². The molecule has 0 spiro atoms. The average molecular weight is 297 g/mol. The highest BCUT2D eigenvalue weighted by Crippen LogP contribution is 2.30. The minimum absolute atomic E-state index is 0.303. The molecule has 4 heteroatoms. The van der Waals surface area contributed by atoms with Crippen LogP contribution in [0, 0.1) is 5.41 Å². The Bertz CT molecular complexity index is 303. The van der Waals surface area contributed by atoms with Gasteiger partial charge < -0.3 is 10.1 Å². The van der Waals surface area contributed by atoms with Crippen LogP contribution >= 0.6 is 0 Å². The Morgan fingerprint density at radius 1 is 1.24 bits per heavy atom. The predicted octanol–water partition coefficient (Wildman–Crippen LogP) is 1.81. The lowest BCUT2D eigenvalue weighted by Crippen LogP contribution is -2.59. The molecule has 2 aliphatic rings. The molecular formula is C17H35N3O. The van der Waals surface area contributed by atoms with E-state index in [0.29, 0.717) is 23.5 Å². The fourth-order valence-electron chi connectivity index (χ4n) is 3.77. The summed E-state index contributed by atoms with van der Waals surface area (Å²) in [5.74, 6) is 0. The maximum atomic E-state index is 5.86. The molecular weight excluding hydrogens is 262 g/mol. The van der Waals surface area contributed by atoms with E-state index in [1.165, 1.54) is 32.5 Å². The first-order valence-corrected chi connectivity index (χ1v) is 8.67. The summed E-state index contributed by atoms with van der Waals surface area (Å²) < 4.78 is 5.86. The second kappa shape index (κ2) is 7.40. The molecule has 0 bridgehead atoms. The standard InChI is InChI=1S/C17H35N3O/c1-14(2)18-11-17(7-6-8-21-13-17)12-20-9-15(3)19(5)16(4)10-20/h14-16,18H,6-13H2,1-5H3. The van der Waals surface area contributed by atoms with Crippen molar-refractivity contribution in [1.29, 1.82) is 0 Å². The van der Waals surface area contributed by atoms with E-state index in [9.17, 15) is 0 Å². The Morgan fingerprint density at radius 3 is 2.43 bits per heavy atom. The van der Waals surface area contributed by atoms with Crippen LogP contribution in [0.25, 0.3) is 0 Å². The van der Waals surface area contributed by atoms with Crippen molar-refractivity contribution in [3.63, 3.8) is 0 Å². The van der Waals surface area contributed by atoms with Crippen LogP contribution in [0.5, 0.6) is 0 Å². The van der Waals surface area contributed by atoms with E-state index in [0.717, 1.165) is 19.8 Å². The summed E-state index contributed by atoms with van der Waals surface area (Å²) in [5.41, 5.74) is 0.303. The largest absolute Gasteiger partial charge is 0.381 e. The Morgan fingerprint density at radius 2 is 1.90 bits per heavy atom. The minimum Gasteiger partial charge on any atom is -0.381 e. The molecule has 2 rings (SSSR count). The molecule has 1 N–H and O–H groups in total. The molecule has 21 heavy (non-hydrogen) atoms. The molecule has 2 heterocycles. The Kier molecular flexibility index (Phi) is 6.06. The number of nitrogens with zero attached hydrogens (tertiary/aromatic N) is 2. The molecule has 0 radical (unpaired) electrons. The van der Waals surface area contributed by atoms with Gasteiger partial charge in [-0.05, 0) is 33.7 Å². The molecule has 4 nitrogen and oxygen atoms in total. The first kappa shape index (κ1) is 17.2. The summed E-state index contributed by atoms with van der Waals surface area (Å²) in [5, 5.41) is 3.66. The van der Waals surface area contributed by atoms with Crippen molar-refractivity contribution in [3.8, 4) is 0 Å². The van der Waals surface area contributed by atoms with Gasteiger partial charge >= 0.3 is 0 Å². The molecule has 124 valence electrons. The average Bonchev–Trinajstić information content (AvgIpc) is 2.44. The van der Waals surface area contributed by atoms with Crippen molar-refractivity contribution in [2.75, 3.05) is 46.4 Å². The monoisotopic (exact) mass is 297 g/mol. The molecule has 2 aliphatic heterocycles. The van der Waals surface area contributed by atoms with Gasteiger partial charge in [-0.2, -0.15) is 0 Å². The van der Waals surface area contributed by atoms with Crippen molar-refractivity contribution in [2.24, 2.45) is 5.41 Å². The molecule has 0 aromatic carbocycles. The lowest BCUT2D eigenvalue weighted by molar-refractivity contribution is -0.0435. The Balaban J connectivity index is 1.97. The number of hydrogen-bond donors (Lipinski definition) is 1. The van der Waals surface area contributed by atoms with Crippen molar-refractivity contribution in [1.82, 2.24) is 15.1 Å². The van der Waals surface area contributed by atoms with E-state index in [1.54, 1.807) is 0 Å². The summed E-state index contributed by atoms with van der Waals surface area (Å²) in [6, 6.07) is 1.84. The van der Waals surface area contributed by atoms with Crippen LogP contribution in [0.15, 0.2) is 0 Å². The maximum absolute atomic E-state index is 5.86. The summed E-state index contributed by atoms with van der Waals surface area (Å²) in [7, 11) is 2.26. The van der Waals surface area contributed by atoms with E-state index >= 15 is 0 Å². The van der Waals surface area contributed by atoms with Gasteiger partial charge in [-0.3, -0.25) is 9.80 Å². The second-order valence-corrected chi connectivity index (χ2v) is 7.75. The van der Waals surface area contributed by atoms with Gasteiger partial charge in [0, 0.05) is 56.3 Å². The van der Waals surface area contributed by atoms with Crippen LogP contribution in [-0.4, -0.2) is 74.4 Å². The quantitative estimate of drug-likeness (QED) is 0.837. The number of likely N-dealkylation sites (N-methyl/N-ethyl adjacent to an activating group) is 1. The molecule has 0 saturated carbocycles. The third-order valence-electron chi connectivity index (χ3n) is 5.28. The van der Waals surface area contributed by atoms with Gasteiger partial charge in [0.15, 0.2) is 0 Å². The Labute approximate surface area is 131 Å². The molecule has 2 saturated heterocycles.